The number of hydrogen-bond acceptors (Lipinski definition) is 4. The second kappa shape index (κ2) is 7.97. The lowest BCUT2D eigenvalue weighted by Gasteiger charge is -2.20. The first-order valence-corrected chi connectivity index (χ1v) is 7.38. The molecule has 0 aromatic rings. The van der Waals surface area contributed by atoms with Crippen LogP contribution in [0.3, 0.4) is 0 Å². The summed E-state index contributed by atoms with van der Waals surface area (Å²) in [6.07, 6.45) is 0.654. The minimum absolute atomic E-state index is 0.178. The van der Waals surface area contributed by atoms with Crippen molar-refractivity contribution < 1.29 is 24.2 Å². The predicted octanol–water partition coefficient (Wildman–Crippen LogP) is 0.286. The molecule has 0 aromatic carbocycles. The number of hydrogen-bond donors (Lipinski definition) is 3. The van der Waals surface area contributed by atoms with E-state index in [0.29, 0.717) is 13.0 Å². The van der Waals surface area contributed by atoms with Gasteiger partial charge in [-0.15, -0.1) is 0 Å². The van der Waals surface area contributed by atoms with Crippen LogP contribution in [0, 0.1) is 5.92 Å². The van der Waals surface area contributed by atoms with Gasteiger partial charge >= 0.3 is 5.97 Å². The number of rotatable bonds is 9. The molecule has 4 atom stereocenters. The number of carboxylic acids is 1. The third kappa shape index (κ3) is 5.00. The molecule has 2 amide bonds. The Morgan fingerprint density at radius 3 is 2.29 bits per heavy atom. The lowest BCUT2D eigenvalue weighted by Crippen LogP contribution is -2.47. The number of epoxide rings is 1. The molecule has 120 valence electrons. The Morgan fingerprint density at radius 1 is 1.14 bits per heavy atom. The number of carbonyl (C=O) groups excluding carboxylic acids is 2. The summed E-state index contributed by atoms with van der Waals surface area (Å²) in [6, 6.07) is -0.957. The molecule has 3 N–H and O–H groups in total. The van der Waals surface area contributed by atoms with Crippen molar-refractivity contribution in [3.05, 3.63) is 0 Å². The van der Waals surface area contributed by atoms with Crippen LogP contribution in [0.15, 0.2) is 0 Å². The van der Waals surface area contributed by atoms with E-state index in [1.54, 1.807) is 6.92 Å². The summed E-state index contributed by atoms with van der Waals surface area (Å²) in [5.41, 5.74) is 0. The largest absolute Gasteiger partial charge is 0.480 e. The SMILES string of the molecule is CCCNC(=O)[C@@H]1O[C@@H]1C(=O)N[C@@H](C(=O)O)C(C)CCC. The molecule has 1 aliphatic heterocycles. The highest BCUT2D eigenvalue weighted by molar-refractivity contribution is 5.96. The number of nitrogens with one attached hydrogen (secondary N) is 2. The molecule has 1 fully saturated rings. The molecule has 1 unspecified atom stereocenters. The molecule has 0 radical (unpaired) electrons. The molecule has 1 rings (SSSR count). The Morgan fingerprint density at radius 2 is 1.76 bits per heavy atom. The Kier molecular flexibility index (Phi) is 6.61. The highest BCUT2D eigenvalue weighted by Crippen LogP contribution is 2.23. The fraction of sp³-hybridized carbons (Fsp3) is 0.786. The van der Waals surface area contributed by atoms with E-state index in [4.69, 9.17) is 4.74 Å². The maximum absolute atomic E-state index is 11.9. The van der Waals surface area contributed by atoms with Crippen LogP contribution in [-0.4, -0.2) is 47.7 Å². The number of aliphatic carboxylic acids is 1. The average molecular weight is 300 g/mol. The number of ether oxygens (including phenoxy) is 1. The van der Waals surface area contributed by atoms with Crippen molar-refractivity contribution in [1.82, 2.24) is 10.6 Å². The summed E-state index contributed by atoms with van der Waals surface area (Å²) in [5.74, 6) is -2.12. The molecular formula is C14H24N2O5. The molecule has 0 aliphatic carbocycles. The van der Waals surface area contributed by atoms with Crippen molar-refractivity contribution in [3.63, 3.8) is 0 Å². The maximum atomic E-state index is 11.9. The van der Waals surface area contributed by atoms with Crippen molar-refractivity contribution in [1.29, 1.82) is 0 Å². The van der Waals surface area contributed by atoms with E-state index in [0.717, 1.165) is 12.8 Å². The van der Waals surface area contributed by atoms with Crippen molar-refractivity contribution in [2.24, 2.45) is 5.92 Å². The van der Waals surface area contributed by atoms with Crippen molar-refractivity contribution in [3.8, 4) is 0 Å². The summed E-state index contributed by atoms with van der Waals surface area (Å²) in [5, 5.41) is 14.3. The fourth-order valence-electron chi connectivity index (χ4n) is 2.16. The van der Waals surface area contributed by atoms with Gasteiger partial charge in [0.15, 0.2) is 12.2 Å². The summed E-state index contributed by atoms with van der Waals surface area (Å²) in [4.78, 5) is 34.8. The first-order chi connectivity index (χ1) is 9.92. The van der Waals surface area contributed by atoms with E-state index >= 15 is 0 Å². The van der Waals surface area contributed by atoms with Gasteiger partial charge in [-0.1, -0.05) is 27.2 Å². The van der Waals surface area contributed by atoms with Gasteiger partial charge in [0, 0.05) is 6.54 Å². The summed E-state index contributed by atoms with van der Waals surface area (Å²) in [6.45, 7) is 6.18. The first kappa shape index (κ1) is 17.4. The van der Waals surface area contributed by atoms with Crippen molar-refractivity contribution in [2.45, 2.75) is 58.3 Å². The Hall–Kier alpha value is -1.63. The molecule has 21 heavy (non-hydrogen) atoms. The first-order valence-electron chi connectivity index (χ1n) is 7.38. The maximum Gasteiger partial charge on any atom is 0.326 e. The zero-order valence-electron chi connectivity index (χ0n) is 12.7. The van der Waals surface area contributed by atoms with Crippen molar-refractivity contribution in [2.75, 3.05) is 6.54 Å². The van der Waals surface area contributed by atoms with Gasteiger partial charge in [-0.2, -0.15) is 0 Å². The monoisotopic (exact) mass is 300 g/mol. The third-order valence-electron chi connectivity index (χ3n) is 3.43. The van der Waals surface area contributed by atoms with Gasteiger partial charge in [-0.3, -0.25) is 9.59 Å². The van der Waals surface area contributed by atoms with Crippen LogP contribution in [0.25, 0.3) is 0 Å². The fourth-order valence-corrected chi connectivity index (χ4v) is 2.16. The highest BCUT2D eigenvalue weighted by atomic mass is 16.6. The number of amides is 2. The van der Waals surface area contributed by atoms with Gasteiger partial charge < -0.3 is 20.5 Å². The number of carboxylic acid groups (broad SMARTS) is 1. The minimum atomic E-state index is -1.07. The molecular weight excluding hydrogens is 276 g/mol. The molecule has 7 heteroatoms. The van der Waals surface area contributed by atoms with E-state index in [-0.39, 0.29) is 11.8 Å². The zero-order valence-corrected chi connectivity index (χ0v) is 12.7. The summed E-state index contributed by atoms with van der Waals surface area (Å²) >= 11 is 0. The summed E-state index contributed by atoms with van der Waals surface area (Å²) < 4.78 is 5.04. The number of carbonyl (C=O) groups is 3. The molecule has 0 bridgehead atoms. The zero-order chi connectivity index (χ0) is 16.0. The van der Waals surface area contributed by atoms with E-state index in [1.165, 1.54) is 0 Å². The van der Waals surface area contributed by atoms with Crippen LogP contribution in [-0.2, 0) is 19.1 Å². The second-order valence-electron chi connectivity index (χ2n) is 5.36. The van der Waals surface area contributed by atoms with Gasteiger partial charge in [0.25, 0.3) is 11.8 Å². The van der Waals surface area contributed by atoms with Gasteiger partial charge in [0.05, 0.1) is 0 Å². The molecule has 0 spiro atoms. The predicted molar refractivity (Wildman–Crippen MR) is 75.6 cm³/mol. The molecule has 0 aromatic heterocycles. The minimum Gasteiger partial charge on any atom is -0.480 e. The van der Waals surface area contributed by atoms with E-state index in [1.807, 2.05) is 13.8 Å². The molecule has 1 heterocycles. The van der Waals surface area contributed by atoms with Gasteiger partial charge in [0.1, 0.15) is 6.04 Å². The van der Waals surface area contributed by atoms with Crippen LogP contribution in [0.5, 0.6) is 0 Å². The van der Waals surface area contributed by atoms with E-state index < -0.39 is 30.1 Å². The Bertz CT molecular complexity index is 399. The quantitative estimate of drug-likeness (QED) is 0.530. The highest BCUT2D eigenvalue weighted by Gasteiger charge is 2.51. The lowest BCUT2D eigenvalue weighted by molar-refractivity contribution is -0.143. The van der Waals surface area contributed by atoms with E-state index in [2.05, 4.69) is 10.6 Å². The van der Waals surface area contributed by atoms with E-state index in [9.17, 15) is 19.5 Å². The Labute approximate surface area is 124 Å². The smallest absolute Gasteiger partial charge is 0.326 e. The normalized spacial score (nSPS) is 23.0. The van der Waals surface area contributed by atoms with Crippen LogP contribution in [0.1, 0.15) is 40.0 Å². The topological polar surface area (TPSA) is 108 Å². The van der Waals surface area contributed by atoms with Gasteiger partial charge in [-0.05, 0) is 18.8 Å². The van der Waals surface area contributed by atoms with Crippen LogP contribution in [0.4, 0.5) is 0 Å². The van der Waals surface area contributed by atoms with Crippen LogP contribution >= 0.6 is 0 Å². The lowest BCUT2D eigenvalue weighted by atomic mass is 9.97. The Balaban J connectivity index is 2.49. The molecule has 1 saturated heterocycles. The second-order valence-corrected chi connectivity index (χ2v) is 5.36. The van der Waals surface area contributed by atoms with Crippen LogP contribution in [0.2, 0.25) is 0 Å². The summed E-state index contributed by atoms with van der Waals surface area (Å²) in [7, 11) is 0. The van der Waals surface area contributed by atoms with Gasteiger partial charge in [-0.25, -0.2) is 4.79 Å². The third-order valence-corrected chi connectivity index (χ3v) is 3.43. The van der Waals surface area contributed by atoms with Crippen LogP contribution < -0.4 is 10.6 Å². The average Bonchev–Trinajstić information content (AvgIpc) is 3.22. The van der Waals surface area contributed by atoms with Gasteiger partial charge in [0.2, 0.25) is 0 Å². The molecule has 1 aliphatic rings. The molecule has 7 nitrogen and oxygen atoms in total. The standard InChI is InChI=1S/C14H24N2O5/c1-4-6-8(3)9(14(19)20)16-13(18)11-10(21-11)12(17)15-7-5-2/h8-11H,4-7H2,1-3H3,(H,15,17)(H,16,18)(H,19,20)/t8?,9-,10-,11+/m1/s1. The molecule has 0 saturated carbocycles. The van der Waals surface area contributed by atoms with Crippen molar-refractivity contribution >= 4 is 17.8 Å².